The largest absolute Gasteiger partial charge is 0.344 e. The van der Waals surface area contributed by atoms with Crippen molar-refractivity contribution in [1.82, 2.24) is 25.3 Å². The molecule has 4 amide bonds. The second kappa shape index (κ2) is 6.65. The number of hydrogen-bond donors (Lipinski definition) is 2. The third-order valence-corrected chi connectivity index (χ3v) is 7.31. The third kappa shape index (κ3) is 2.85. The Balaban J connectivity index is 1.35. The van der Waals surface area contributed by atoms with Gasteiger partial charge in [0.2, 0.25) is 0 Å². The molecule has 152 valence electrons. The van der Waals surface area contributed by atoms with Crippen molar-refractivity contribution in [1.29, 1.82) is 0 Å². The van der Waals surface area contributed by atoms with E-state index < -0.39 is 23.4 Å². The summed E-state index contributed by atoms with van der Waals surface area (Å²) in [6, 6.07) is -0.623. The van der Waals surface area contributed by atoms with Crippen LogP contribution in [0.15, 0.2) is 11.1 Å². The van der Waals surface area contributed by atoms with Crippen molar-refractivity contribution in [2.24, 2.45) is 0 Å². The number of thiophene rings is 1. The van der Waals surface area contributed by atoms with Gasteiger partial charge in [-0.2, -0.15) is 5.01 Å². The zero-order chi connectivity index (χ0) is 20.2. The quantitative estimate of drug-likeness (QED) is 0.732. The molecule has 5 rings (SSSR count). The van der Waals surface area contributed by atoms with Crippen LogP contribution >= 0.6 is 11.3 Å². The minimum atomic E-state index is -0.906. The normalized spacial score (nSPS) is 20.3. The Kier molecular flexibility index (Phi) is 4.19. The van der Waals surface area contributed by atoms with E-state index >= 15 is 0 Å². The molecule has 2 fully saturated rings. The first kappa shape index (κ1) is 18.3. The van der Waals surface area contributed by atoms with Gasteiger partial charge in [-0.1, -0.05) is 19.3 Å². The number of aryl methyl sites for hydroxylation is 2. The molecule has 1 saturated carbocycles. The first-order valence-electron chi connectivity index (χ1n) is 9.94. The fourth-order valence-corrected chi connectivity index (χ4v) is 5.88. The van der Waals surface area contributed by atoms with Gasteiger partial charge in [-0.15, -0.1) is 11.3 Å². The summed E-state index contributed by atoms with van der Waals surface area (Å²) in [6.45, 7) is -0.309. The first-order valence-corrected chi connectivity index (χ1v) is 10.8. The van der Waals surface area contributed by atoms with Crippen LogP contribution in [0.3, 0.4) is 0 Å². The van der Waals surface area contributed by atoms with Crippen molar-refractivity contribution < 1.29 is 14.4 Å². The highest BCUT2D eigenvalue weighted by molar-refractivity contribution is 7.18. The van der Waals surface area contributed by atoms with Gasteiger partial charge in [0.1, 0.15) is 16.9 Å². The number of rotatable bonds is 3. The summed E-state index contributed by atoms with van der Waals surface area (Å²) in [4.78, 5) is 56.7. The number of aromatic nitrogens is 2. The average molecular weight is 415 g/mol. The first-order chi connectivity index (χ1) is 14.0. The molecule has 1 aliphatic heterocycles. The molecule has 29 heavy (non-hydrogen) atoms. The van der Waals surface area contributed by atoms with E-state index in [4.69, 9.17) is 0 Å². The van der Waals surface area contributed by atoms with Crippen LogP contribution in [0.2, 0.25) is 0 Å². The number of nitrogens with zero attached hydrogens (tertiary/aromatic N) is 3. The number of urea groups is 1. The van der Waals surface area contributed by atoms with Gasteiger partial charge in [0, 0.05) is 4.88 Å². The van der Waals surface area contributed by atoms with Crippen LogP contribution in [0, 0.1) is 0 Å². The summed E-state index contributed by atoms with van der Waals surface area (Å²) in [5.41, 5.74) is 2.25. The third-order valence-electron chi connectivity index (χ3n) is 6.11. The number of nitrogens with one attached hydrogen (secondary N) is 2. The molecule has 2 aromatic rings. The molecule has 10 heteroatoms. The maximum atomic E-state index is 12.9. The van der Waals surface area contributed by atoms with Gasteiger partial charge < -0.3 is 5.32 Å². The maximum Gasteiger partial charge on any atom is 0.344 e. The van der Waals surface area contributed by atoms with E-state index in [1.807, 2.05) is 0 Å². The number of carbonyl (C=O) groups is 3. The van der Waals surface area contributed by atoms with E-state index in [9.17, 15) is 19.2 Å². The van der Waals surface area contributed by atoms with Crippen LogP contribution in [0.1, 0.15) is 49.0 Å². The Morgan fingerprint density at radius 2 is 1.97 bits per heavy atom. The monoisotopic (exact) mass is 415 g/mol. The zero-order valence-electron chi connectivity index (χ0n) is 15.8. The molecule has 0 bridgehead atoms. The van der Waals surface area contributed by atoms with E-state index in [2.05, 4.69) is 15.7 Å². The molecule has 0 radical (unpaired) electrons. The molecule has 1 spiro atoms. The predicted octanol–water partition coefficient (Wildman–Crippen LogP) is 1.23. The highest BCUT2D eigenvalue weighted by Crippen LogP contribution is 2.34. The van der Waals surface area contributed by atoms with Gasteiger partial charge in [-0.3, -0.25) is 24.4 Å². The number of hydrazine groups is 1. The predicted molar refractivity (Wildman–Crippen MR) is 105 cm³/mol. The van der Waals surface area contributed by atoms with Crippen LogP contribution in [0.25, 0.3) is 10.2 Å². The molecule has 3 aliphatic rings. The molecular weight excluding hydrogens is 394 g/mol. The summed E-state index contributed by atoms with van der Waals surface area (Å²) in [5, 5.41) is 4.09. The van der Waals surface area contributed by atoms with E-state index in [0.717, 1.165) is 49.1 Å². The van der Waals surface area contributed by atoms with E-state index in [1.54, 1.807) is 0 Å². The fraction of sp³-hybridized carbons (Fsp3) is 0.526. The summed E-state index contributed by atoms with van der Waals surface area (Å²) >= 11 is 1.54. The van der Waals surface area contributed by atoms with Gasteiger partial charge in [0.15, 0.2) is 0 Å². The number of hydrogen-bond acceptors (Lipinski definition) is 6. The summed E-state index contributed by atoms with van der Waals surface area (Å²) < 4.78 is 1.23. The van der Waals surface area contributed by atoms with Crippen LogP contribution in [-0.2, 0) is 29.0 Å². The van der Waals surface area contributed by atoms with Gasteiger partial charge in [0.05, 0.1) is 11.7 Å². The lowest BCUT2D eigenvalue weighted by Crippen LogP contribution is -2.51. The van der Waals surface area contributed by atoms with Crippen molar-refractivity contribution in [3.8, 4) is 0 Å². The highest BCUT2D eigenvalue weighted by atomic mass is 32.1. The molecule has 2 aliphatic carbocycles. The Hall–Kier alpha value is -2.75. The number of imide groups is 1. The molecule has 2 N–H and O–H groups in total. The molecule has 0 aromatic carbocycles. The van der Waals surface area contributed by atoms with E-state index in [1.165, 1.54) is 27.1 Å². The van der Waals surface area contributed by atoms with E-state index in [0.29, 0.717) is 23.1 Å². The zero-order valence-corrected chi connectivity index (χ0v) is 16.6. The van der Waals surface area contributed by atoms with Crippen LogP contribution in [0.5, 0.6) is 0 Å². The number of fused-ring (bicyclic) bond motifs is 3. The maximum absolute atomic E-state index is 12.9. The Labute approximate surface area is 170 Å². The summed E-state index contributed by atoms with van der Waals surface area (Å²) in [7, 11) is 0. The summed E-state index contributed by atoms with van der Waals surface area (Å²) in [6.07, 6.45) is 8.10. The minimum Gasteiger partial charge on any atom is -0.322 e. The Bertz CT molecular complexity index is 1100. The van der Waals surface area contributed by atoms with Crippen LogP contribution < -0.4 is 16.3 Å². The summed E-state index contributed by atoms with van der Waals surface area (Å²) in [5.74, 6) is -1.04. The van der Waals surface area contributed by atoms with Gasteiger partial charge in [0.25, 0.3) is 17.4 Å². The Morgan fingerprint density at radius 3 is 2.76 bits per heavy atom. The number of carbonyl (C=O) groups excluding carboxylic acids is 3. The van der Waals surface area contributed by atoms with Crippen molar-refractivity contribution in [3.05, 3.63) is 27.1 Å². The second-order valence-corrected chi connectivity index (χ2v) is 9.05. The smallest absolute Gasteiger partial charge is 0.322 e. The van der Waals surface area contributed by atoms with Gasteiger partial charge >= 0.3 is 6.03 Å². The van der Waals surface area contributed by atoms with Gasteiger partial charge in [-0.25, -0.2) is 9.78 Å². The topological polar surface area (TPSA) is 113 Å². The minimum absolute atomic E-state index is 0.259. The SMILES string of the molecule is O=C(Cn1cnc2sc3c(c2c1=O)CCC3)NN1C(=O)NC2(CCCCC2)C1=O. The lowest BCUT2D eigenvalue weighted by Gasteiger charge is -2.30. The van der Waals surface area contributed by atoms with Crippen LogP contribution in [-0.4, -0.2) is 37.9 Å². The molecule has 1 saturated heterocycles. The van der Waals surface area contributed by atoms with Crippen molar-refractivity contribution >= 4 is 39.4 Å². The lowest BCUT2D eigenvalue weighted by molar-refractivity contribution is -0.140. The highest BCUT2D eigenvalue weighted by Gasteiger charge is 2.52. The molecule has 0 atom stereocenters. The molecule has 9 nitrogen and oxygen atoms in total. The van der Waals surface area contributed by atoms with Crippen molar-refractivity contribution in [2.75, 3.05) is 0 Å². The number of amides is 4. The standard InChI is InChI=1S/C19H21N5O4S/c25-13(22-24-17(27)19(21-18(24)28)7-2-1-3-8-19)9-23-10-20-15-14(16(23)26)11-5-4-6-12(11)29-15/h10H,1-9H2,(H,21,28)(H,22,25). The fourth-order valence-electron chi connectivity index (χ4n) is 4.66. The van der Waals surface area contributed by atoms with Gasteiger partial charge in [-0.05, 0) is 37.7 Å². The second-order valence-electron chi connectivity index (χ2n) is 7.96. The van der Waals surface area contributed by atoms with Crippen LogP contribution in [0.4, 0.5) is 4.79 Å². The van der Waals surface area contributed by atoms with Crippen molar-refractivity contribution in [3.63, 3.8) is 0 Å². The van der Waals surface area contributed by atoms with E-state index in [-0.39, 0.29) is 12.1 Å². The molecular formula is C19H21N5O4S. The lowest BCUT2D eigenvalue weighted by atomic mass is 9.82. The Morgan fingerprint density at radius 1 is 1.17 bits per heavy atom. The molecule has 0 unspecified atom stereocenters. The van der Waals surface area contributed by atoms with Crippen molar-refractivity contribution in [2.45, 2.75) is 63.5 Å². The molecule has 2 aromatic heterocycles. The molecule has 3 heterocycles. The average Bonchev–Trinajstić information content (AvgIpc) is 3.34.